The fraction of sp³-hybridized carbons (Fsp3) is 0.100. The van der Waals surface area contributed by atoms with Gasteiger partial charge in [0.15, 0.2) is 0 Å². The van der Waals surface area contributed by atoms with Gasteiger partial charge in [0, 0.05) is 5.39 Å². The number of halogens is 3. The van der Waals surface area contributed by atoms with Crippen molar-refractivity contribution >= 4 is 16.8 Å². The van der Waals surface area contributed by atoms with Crippen LogP contribution < -0.4 is 10.6 Å². The SMILES string of the molecule is NC(=O)c1cn(OC(F)F)c2ccc(F)cc12. The molecule has 7 heteroatoms. The van der Waals surface area contributed by atoms with Crippen LogP contribution in [0, 0.1) is 5.82 Å². The van der Waals surface area contributed by atoms with Gasteiger partial charge < -0.3 is 10.6 Å². The number of nitrogens with zero attached hydrogens (tertiary/aromatic N) is 1. The third kappa shape index (κ3) is 2.03. The van der Waals surface area contributed by atoms with Gasteiger partial charge in [-0.3, -0.25) is 4.79 Å². The van der Waals surface area contributed by atoms with Gasteiger partial charge in [-0.1, -0.05) is 0 Å². The predicted octanol–water partition coefficient (Wildman–Crippen LogP) is 1.53. The van der Waals surface area contributed by atoms with Crippen LogP contribution in [0.5, 0.6) is 0 Å². The minimum atomic E-state index is -3.06. The van der Waals surface area contributed by atoms with Crippen LogP contribution in [0.15, 0.2) is 24.4 Å². The maximum atomic E-state index is 13.0. The van der Waals surface area contributed by atoms with Gasteiger partial charge in [-0.05, 0) is 18.2 Å². The van der Waals surface area contributed by atoms with Crippen LogP contribution in [0.2, 0.25) is 0 Å². The molecule has 4 nitrogen and oxygen atoms in total. The zero-order chi connectivity index (χ0) is 12.6. The molecule has 1 aromatic heterocycles. The molecule has 2 rings (SSSR count). The van der Waals surface area contributed by atoms with Crippen LogP contribution in [0.4, 0.5) is 13.2 Å². The Morgan fingerprint density at radius 3 is 2.71 bits per heavy atom. The lowest BCUT2D eigenvalue weighted by atomic mass is 10.1. The summed E-state index contributed by atoms with van der Waals surface area (Å²) in [4.78, 5) is 15.2. The lowest BCUT2D eigenvalue weighted by Crippen LogP contribution is -2.16. The van der Waals surface area contributed by atoms with Crippen molar-refractivity contribution in [1.82, 2.24) is 4.73 Å². The summed E-state index contributed by atoms with van der Waals surface area (Å²) in [6, 6.07) is 3.32. The number of amides is 1. The summed E-state index contributed by atoms with van der Waals surface area (Å²) in [5.74, 6) is -1.45. The van der Waals surface area contributed by atoms with Gasteiger partial charge in [-0.15, -0.1) is 0 Å². The van der Waals surface area contributed by atoms with Crippen LogP contribution in [0.3, 0.4) is 0 Å². The van der Waals surface area contributed by atoms with Gasteiger partial charge in [0.25, 0.3) is 5.91 Å². The van der Waals surface area contributed by atoms with Crippen molar-refractivity contribution in [3.63, 3.8) is 0 Å². The molecule has 0 aliphatic rings. The van der Waals surface area contributed by atoms with Crippen LogP contribution in [-0.2, 0) is 0 Å². The number of alkyl halides is 2. The van der Waals surface area contributed by atoms with E-state index in [9.17, 15) is 18.0 Å². The maximum absolute atomic E-state index is 13.0. The summed E-state index contributed by atoms with van der Waals surface area (Å²) in [7, 11) is 0. The zero-order valence-corrected chi connectivity index (χ0v) is 8.36. The minimum absolute atomic E-state index is 0.0832. The third-order valence-electron chi connectivity index (χ3n) is 2.19. The molecule has 0 saturated heterocycles. The molecule has 0 fully saturated rings. The quantitative estimate of drug-likeness (QED) is 0.890. The van der Waals surface area contributed by atoms with Gasteiger partial charge in [-0.2, -0.15) is 13.5 Å². The number of carbonyl (C=O) groups excluding carboxylic acids is 1. The fourth-order valence-electron chi connectivity index (χ4n) is 1.54. The molecule has 0 spiro atoms. The van der Waals surface area contributed by atoms with Crippen LogP contribution in [0.25, 0.3) is 10.9 Å². The largest absolute Gasteiger partial charge is 0.405 e. The standard InChI is InChI=1S/C10H7F3N2O2/c11-5-1-2-8-6(3-5)7(9(14)16)4-15(8)17-10(12)13/h1-4,10H,(H2,14,16). The van der Waals surface area contributed by atoms with E-state index in [4.69, 9.17) is 5.73 Å². The number of carbonyl (C=O) groups is 1. The Balaban J connectivity index is 2.66. The van der Waals surface area contributed by atoms with E-state index >= 15 is 0 Å². The number of fused-ring (bicyclic) bond motifs is 1. The molecule has 0 atom stereocenters. The molecule has 1 heterocycles. The molecular formula is C10H7F3N2O2. The van der Waals surface area contributed by atoms with E-state index in [2.05, 4.69) is 4.84 Å². The lowest BCUT2D eigenvalue weighted by Gasteiger charge is -2.05. The van der Waals surface area contributed by atoms with E-state index in [0.717, 1.165) is 18.3 Å². The van der Waals surface area contributed by atoms with E-state index in [1.54, 1.807) is 0 Å². The molecule has 1 aromatic carbocycles. The number of aromatic nitrogens is 1. The van der Waals surface area contributed by atoms with Crippen molar-refractivity contribution in [3.05, 3.63) is 35.8 Å². The lowest BCUT2D eigenvalue weighted by molar-refractivity contribution is -0.128. The Morgan fingerprint density at radius 2 is 2.12 bits per heavy atom. The fourth-order valence-corrected chi connectivity index (χ4v) is 1.54. The van der Waals surface area contributed by atoms with Crippen molar-refractivity contribution in [2.75, 3.05) is 0 Å². The van der Waals surface area contributed by atoms with Gasteiger partial charge in [0.05, 0.1) is 17.3 Å². The van der Waals surface area contributed by atoms with E-state index in [0.29, 0.717) is 4.73 Å². The average molecular weight is 244 g/mol. The smallest absolute Gasteiger partial charge is 0.366 e. The Labute approximate surface area is 93.3 Å². The topological polar surface area (TPSA) is 57.2 Å². The minimum Gasteiger partial charge on any atom is -0.366 e. The molecule has 2 aromatic rings. The second-order valence-electron chi connectivity index (χ2n) is 3.26. The number of hydrogen-bond donors (Lipinski definition) is 1. The number of rotatable bonds is 3. The van der Waals surface area contributed by atoms with Gasteiger partial charge >= 0.3 is 6.61 Å². The van der Waals surface area contributed by atoms with Crippen molar-refractivity contribution in [3.8, 4) is 0 Å². The first-order chi connectivity index (χ1) is 7.99. The van der Waals surface area contributed by atoms with Gasteiger partial charge in [-0.25, -0.2) is 4.39 Å². The molecule has 0 bridgehead atoms. The Hall–Kier alpha value is -2.18. The predicted molar refractivity (Wildman–Crippen MR) is 53.0 cm³/mol. The molecular weight excluding hydrogens is 237 g/mol. The second-order valence-corrected chi connectivity index (χ2v) is 3.26. The maximum Gasteiger partial charge on any atom is 0.405 e. The molecule has 2 N–H and O–H groups in total. The monoisotopic (exact) mass is 244 g/mol. The van der Waals surface area contributed by atoms with Crippen LogP contribution in [-0.4, -0.2) is 17.2 Å². The summed E-state index contributed by atoms with van der Waals surface area (Å²) in [6.45, 7) is -3.06. The third-order valence-corrected chi connectivity index (χ3v) is 2.19. The van der Waals surface area contributed by atoms with Gasteiger partial charge in [0.1, 0.15) is 5.82 Å². The molecule has 0 aliphatic carbocycles. The van der Waals surface area contributed by atoms with Gasteiger partial charge in [0.2, 0.25) is 0 Å². The first-order valence-electron chi connectivity index (χ1n) is 4.55. The highest BCUT2D eigenvalue weighted by atomic mass is 19.3. The first kappa shape index (κ1) is 11.3. The number of primary amides is 1. The Kier molecular flexibility index (Phi) is 2.66. The second kappa shape index (κ2) is 4.00. The van der Waals surface area contributed by atoms with E-state index in [1.807, 2.05) is 0 Å². The van der Waals surface area contributed by atoms with E-state index in [-0.39, 0.29) is 16.5 Å². The van der Waals surface area contributed by atoms with Crippen LogP contribution >= 0.6 is 0 Å². The summed E-state index contributed by atoms with van der Waals surface area (Å²) >= 11 is 0. The average Bonchev–Trinajstić information content (AvgIpc) is 2.55. The van der Waals surface area contributed by atoms with Crippen LogP contribution in [0.1, 0.15) is 10.4 Å². The van der Waals surface area contributed by atoms with E-state index in [1.165, 1.54) is 6.07 Å². The molecule has 0 unspecified atom stereocenters. The Bertz CT molecular complexity index is 580. The summed E-state index contributed by atoms with van der Waals surface area (Å²) in [5.41, 5.74) is 5.11. The highest BCUT2D eigenvalue weighted by molar-refractivity contribution is 6.06. The molecule has 90 valence electrons. The van der Waals surface area contributed by atoms with Crippen molar-refractivity contribution in [1.29, 1.82) is 0 Å². The molecule has 0 aliphatic heterocycles. The summed E-state index contributed by atoms with van der Waals surface area (Å²) in [6.07, 6.45) is 0.999. The molecule has 0 radical (unpaired) electrons. The highest BCUT2D eigenvalue weighted by Crippen LogP contribution is 2.22. The zero-order valence-electron chi connectivity index (χ0n) is 8.36. The first-order valence-corrected chi connectivity index (χ1v) is 4.55. The number of hydrogen-bond acceptors (Lipinski definition) is 2. The number of benzene rings is 1. The van der Waals surface area contributed by atoms with E-state index < -0.39 is 18.3 Å². The normalized spacial score (nSPS) is 11.1. The molecule has 0 saturated carbocycles. The Morgan fingerprint density at radius 1 is 1.41 bits per heavy atom. The summed E-state index contributed by atoms with van der Waals surface area (Å²) in [5, 5.41) is 0.123. The number of nitrogens with two attached hydrogens (primary N) is 1. The molecule has 1 amide bonds. The van der Waals surface area contributed by atoms with Crippen molar-refractivity contribution in [2.45, 2.75) is 6.61 Å². The van der Waals surface area contributed by atoms with Crippen molar-refractivity contribution < 1.29 is 22.8 Å². The highest BCUT2D eigenvalue weighted by Gasteiger charge is 2.16. The molecule has 17 heavy (non-hydrogen) atoms. The summed E-state index contributed by atoms with van der Waals surface area (Å²) < 4.78 is 37.9. The van der Waals surface area contributed by atoms with Crippen molar-refractivity contribution in [2.24, 2.45) is 5.73 Å².